The minimum absolute atomic E-state index is 0.417. The third kappa shape index (κ3) is 2.91. The monoisotopic (exact) mass is 227 g/mol. The van der Waals surface area contributed by atoms with Crippen LogP contribution in [0, 0.1) is 0 Å². The van der Waals surface area contributed by atoms with Gasteiger partial charge in [-0.05, 0) is 17.7 Å². The zero-order valence-corrected chi connectivity index (χ0v) is 9.28. The zero-order chi connectivity index (χ0) is 12.1. The molecule has 0 saturated carbocycles. The highest BCUT2D eigenvalue weighted by atomic mass is 16.4. The summed E-state index contributed by atoms with van der Waals surface area (Å²) >= 11 is 0. The molecule has 0 spiro atoms. The first kappa shape index (κ1) is 11.3. The second-order valence-corrected chi connectivity index (χ2v) is 3.83. The summed E-state index contributed by atoms with van der Waals surface area (Å²) in [5.41, 5.74) is 1.61. The van der Waals surface area contributed by atoms with Crippen molar-refractivity contribution < 1.29 is 9.90 Å². The Labute approximate surface area is 99.8 Å². The highest BCUT2D eigenvalue weighted by Crippen LogP contribution is 2.20. The summed E-state index contributed by atoms with van der Waals surface area (Å²) in [6.07, 6.45) is 2.10. The molecule has 1 atom stereocenters. The molecule has 0 unspecified atom stereocenters. The molecule has 17 heavy (non-hydrogen) atoms. The van der Waals surface area contributed by atoms with E-state index in [1.54, 1.807) is 6.20 Å². The van der Waals surface area contributed by atoms with E-state index in [9.17, 15) is 9.90 Å². The van der Waals surface area contributed by atoms with E-state index in [0.717, 1.165) is 11.3 Å². The molecule has 0 fully saturated rings. The van der Waals surface area contributed by atoms with Gasteiger partial charge in [0, 0.05) is 18.3 Å². The summed E-state index contributed by atoms with van der Waals surface area (Å²) < 4.78 is 0. The van der Waals surface area contributed by atoms with Crippen LogP contribution in [0.15, 0.2) is 54.7 Å². The van der Waals surface area contributed by atoms with Crippen molar-refractivity contribution in [3.63, 3.8) is 0 Å². The van der Waals surface area contributed by atoms with Crippen molar-refractivity contribution in [3.8, 4) is 0 Å². The van der Waals surface area contributed by atoms with E-state index in [-0.39, 0.29) is 0 Å². The van der Waals surface area contributed by atoms with E-state index in [1.165, 1.54) is 0 Å². The summed E-state index contributed by atoms with van der Waals surface area (Å²) in [5.74, 6) is -1.35. The normalized spacial score (nSPS) is 12.0. The summed E-state index contributed by atoms with van der Waals surface area (Å²) in [6.45, 7) is 0. The number of hydrogen-bond acceptors (Lipinski definition) is 2. The molecule has 1 aromatic carbocycles. The van der Waals surface area contributed by atoms with Gasteiger partial charge in [-0.25, -0.2) is 0 Å². The predicted octanol–water partition coefficient (Wildman–Crippen LogP) is 2.49. The molecule has 86 valence electrons. The van der Waals surface area contributed by atoms with Crippen LogP contribution in [0.4, 0.5) is 0 Å². The smallest absolute Gasteiger partial charge is 0.311 e. The van der Waals surface area contributed by atoms with Gasteiger partial charge < -0.3 is 5.11 Å². The molecular formula is C14H13NO2. The van der Waals surface area contributed by atoms with Crippen molar-refractivity contribution in [2.45, 2.75) is 12.3 Å². The molecule has 3 heteroatoms. The van der Waals surface area contributed by atoms with Crippen molar-refractivity contribution in [1.29, 1.82) is 0 Å². The Bertz CT molecular complexity index is 482. The average Bonchev–Trinajstić information content (AvgIpc) is 2.38. The standard InChI is InChI=1S/C14H13NO2/c16-14(17)13(11-6-2-1-3-7-11)10-12-8-4-5-9-15-12/h1-9,13H,10H2,(H,16,17)/t13-/m1/s1. The first-order valence-corrected chi connectivity index (χ1v) is 5.45. The molecular weight excluding hydrogens is 214 g/mol. The summed E-state index contributed by atoms with van der Waals surface area (Å²) in [4.78, 5) is 15.4. The van der Waals surface area contributed by atoms with Crippen LogP contribution < -0.4 is 0 Å². The maximum atomic E-state index is 11.3. The Morgan fingerprint density at radius 1 is 1.12 bits per heavy atom. The van der Waals surface area contributed by atoms with Crippen LogP contribution in [0.25, 0.3) is 0 Å². The molecule has 1 N–H and O–H groups in total. The van der Waals surface area contributed by atoms with Crippen LogP contribution in [0.2, 0.25) is 0 Å². The molecule has 3 nitrogen and oxygen atoms in total. The minimum Gasteiger partial charge on any atom is -0.481 e. The number of aliphatic carboxylic acids is 1. The van der Waals surface area contributed by atoms with Gasteiger partial charge in [-0.2, -0.15) is 0 Å². The Morgan fingerprint density at radius 2 is 1.82 bits per heavy atom. The quantitative estimate of drug-likeness (QED) is 0.873. The number of pyridine rings is 1. The lowest BCUT2D eigenvalue weighted by Crippen LogP contribution is -2.14. The molecule has 2 rings (SSSR count). The molecule has 0 radical (unpaired) electrons. The highest BCUT2D eigenvalue weighted by Gasteiger charge is 2.20. The minimum atomic E-state index is -0.818. The highest BCUT2D eigenvalue weighted by molar-refractivity contribution is 5.76. The third-order valence-electron chi connectivity index (χ3n) is 2.64. The summed E-state index contributed by atoms with van der Waals surface area (Å²) in [7, 11) is 0. The first-order chi connectivity index (χ1) is 8.27. The first-order valence-electron chi connectivity index (χ1n) is 5.45. The molecule has 0 amide bonds. The molecule has 0 aliphatic rings. The number of carboxylic acid groups (broad SMARTS) is 1. The van der Waals surface area contributed by atoms with E-state index >= 15 is 0 Å². The van der Waals surface area contributed by atoms with E-state index in [0.29, 0.717) is 6.42 Å². The van der Waals surface area contributed by atoms with Gasteiger partial charge in [0.05, 0.1) is 5.92 Å². The fourth-order valence-electron chi connectivity index (χ4n) is 1.76. The van der Waals surface area contributed by atoms with Crippen molar-refractivity contribution in [3.05, 3.63) is 66.0 Å². The number of nitrogens with zero attached hydrogens (tertiary/aromatic N) is 1. The number of carboxylic acids is 1. The Hall–Kier alpha value is -2.16. The van der Waals surface area contributed by atoms with Crippen LogP contribution in [0.5, 0.6) is 0 Å². The number of hydrogen-bond donors (Lipinski definition) is 1. The van der Waals surface area contributed by atoms with Crippen LogP contribution in [-0.2, 0) is 11.2 Å². The Balaban J connectivity index is 2.23. The van der Waals surface area contributed by atoms with Crippen LogP contribution in [-0.4, -0.2) is 16.1 Å². The second kappa shape index (κ2) is 5.25. The fraction of sp³-hybridized carbons (Fsp3) is 0.143. The molecule has 0 aliphatic heterocycles. The number of carbonyl (C=O) groups is 1. The Morgan fingerprint density at radius 3 is 2.41 bits per heavy atom. The van der Waals surface area contributed by atoms with E-state index < -0.39 is 11.9 Å². The molecule has 1 heterocycles. The van der Waals surface area contributed by atoms with Gasteiger partial charge in [0.2, 0.25) is 0 Å². The SMILES string of the molecule is O=C(O)[C@H](Cc1ccccn1)c1ccccc1. The molecule has 0 aliphatic carbocycles. The predicted molar refractivity (Wildman–Crippen MR) is 64.8 cm³/mol. The lowest BCUT2D eigenvalue weighted by Gasteiger charge is -2.11. The number of rotatable bonds is 4. The number of benzene rings is 1. The Kier molecular flexibility index (Phi) is 3.50. The van der Waals surface area contributed by atoms with Gasteiger partial charge in [-0.1, -0.05) is 36.4 Å². The molecule has 0 saturated heterocycles. The zero-order valence-electron chi connectivity index (χ0n) is 9.28. The van der Waals surface area contributed by atoms with Gasteiger partial charge in [0.15, 0.2) is 0 Å². The maximum absolute atomic E-state index is 11.3. The van der Waals surface area contributed by atoms with Crippen molar-refractivity contribution >= 4 is 5.97 Å². The lowest BCUT2D eigenvalue weighted by atomic mass is 9.94. The molecule has 2 aromatic rings. The van der Waals surface area contributed by atoms with Gasteiger partial charge in [0.1, 0.15) is 0 Å². The largest absolute Gasteiger partial charge is 0.481 e. The summed E-state index contributed by atoms with van der Waals surface area (Å²) in [6, 6.07) is 14.8. The van der Waals surface area contributed by atoms with Crippen LogP contribution in [0.3, 0.4) is 0 Å². The molecule has 1 aromatic heterocycles. The van der Waals surface area contributed by atoms with E-state index in [1.807, 2.05) is 48.5 Å². The maximum Gasteiger partial charge on any atom is 0.311 e. The summed E-state index contributed by atoms with van der Waals surface area (Å²) in [5, 5.41) is 9.26. The average molecular weight is 227 g/mol. The van der Waals surface area contributed by atoms with Crippen LogP contribution >= 0.6 is 0 Å². The van der Waals surface area contributed by atoms with Crippen molar-refractivity contribution in [2.75, 3.05) is 0 Å². The van der Waals surface area contributed by atoms with Crippen LogP contribution in [0.1, 0.15) is 17.2 Å². The third-order valence-corrected chi connectivity index (χ3v) is 2.64. The van der Waals surface area contributed by atoms with E-state index in [4.69, 9.17) is 0 Å². The van der Waals surface area contributed by atoms with Gasteiger partial charge in [0.25, 0.3) is 0 Å². The van der Waals surface area contributed by atoms with Crippen molar-refractivity contribution in [2.24, 2.45) is 0 Å². The van der Waals surface area contributed by atoms with Gasteiger partial charge in [-0.3, -0.25) is 9.78 Å². The molecule has 0 bridgehead atoms. The number of aromatic nitrogens is 1. The topological polar surface area (TPSA) is 50.2 Å². The fourth-order valence-corrected chi connectivity index (χ4v) is 1.76. The van der Waals surface area contributed by atoms with Crippen molar-refractivity contribution in [1.82, 2.24) is 4.98 Å². The van der Waals surface area contributed by atoms with Gasteiger partial charge in [-0.15, -0.1) is 0 Å². The lowest BCUT2D eigenvalue weighted by molar-refractivity contribution is -0.138. The van der Waals surface area contributed by atoms with E-state index in [2.05, 4.69) is 4.98 Å². The van der Waals surface area contributed by atoms with Gasteiger partial charge >= 0.3 is 5.97 Å². The second-order valence-electron chi connectivity index (χ2n) is 3.83.